The van der Waals surface area contributed by atoms with Gasteiger partial charge in [0.1, 0.15) is 0 Å². The lowest BCUT2D eigenvalue weighted by Gasteiger charge is -2.25. The van der Waals surface area contributed by atoms with Crippen LogP contribution in [0.1, 0.15) is 16.7 Å². The lowest BCUT2D eigenvalue weighted by molar-refractivity contribution is 0.400. The summed E-state index contributed by atoms with van der Waals surface area (Å²) in [6.07, 6.45) is 1.73. The van der Waals surface area contributed by atoms with Crippen molar-refractivity contribution in [2.75, 3.05) is 0 Å². The Morgan fingerprint density at radius 2 is 1.37 bits per heavy atom. The first-order valence-electron chi connectivity index (χ1n) is 8.62. The zero-order valence-corrected chi connectivity index (χ0v) is 16.3. The molecule has 3 rings (SSSR count). The molecule has 0 saturated carbocycles. The highest BCUT2D eigenvalue weighted by molar-refractivity contribution is 7.80. The van der Waals surface area contributed by atoms with Gasteiger partial charge in [0.15, 0.2) is 5.11 Å². The van der Waals surface area contributed by atoms with E-state index in [4.69, 9.17) is 23.8 Å². The van der Waals surface area contributed by atoms with Crippen LogP contribution < -0.4 is 5.43 Å². The van der Waals surface area contributed by atoms with E-state index < -0.39 is 0 Å². The van der Waals surface area contributed by atoms with Crippen molar-refractivity contribution in [3.8, 4) is 0 Å². The minimum Gasteiger partial charge on any atom is -0.339 e. The molecule has 1 N–H and O–H groups in total. The first-order chi connectivity index (χ1) is 13.2. The number of hydrogen-bond donors (Lipinski definition) is 1. The molecule has 0 saturated heterocycles. The van der Waals surface area contributed by atoms with Crippen molar-refractivity contribution in [1.29, 1.82) is 0 Å². The maximum Gasteiger partial charge on any atom is 0.190 e. The summed E-state index contributed by atoms with van der Waals surface area (Å²) >= 11 is 11.5. The summed E-state index contributed by atoms with van der Waals surface area (Å²) in [5.41, 5.74) is 6.32. The van der Waals surface area contributed by atoms with Crippen LogP contribution >= 0.6 is 23.8 Å². The smallest absolute Gasteiger partial charge is 0.190 e. The van der Waals surface area contributed by atoms with E-state index in [1.807, 2.05) is 60.7 Å². The van der Waals surface area contributed by atoms with E-state index in [-0.39, 0.29) is 0 Å². The van der Waals surface area contributed by atoms with Gasteiger partial charge in [0.25, 0.3) is 0 Å². The van der Waals surface area contributed by atoms with Crippen LogP contribution in [0.25, 0.3) is 0 Å². The van der Waals surface area contributed by atoms with E-state index in [9.17, 15) is 0 Å². The third kappa shape index (κ3) is 6.20. The van der Waals surface area contributed by atoms with E-state index in [0.717, 1.165) is 5.56 Å². The number of benzene rings is 3. The second-order valence-corrected chi connectivity index (χ2v) is 6.88. The van der Waals surface area contributed by atoms with Crippen LogP contribution in [-0.2, 0) is 13.1 Å². The van der Waals surface area contributed by atoms with Gasteiger partial charge < -0.3 is 4.90 Å². The fraction of sp³-hybridized carbons (Fsp3) is 0.0909. The van der Waals surface area contributed by atoms with E-state index >= 15 is 0 Å². The molecular formula is C22H20ClN3S. The van der Waals surface area contributed by atoms with Gasteiger partial charge in [-0.2, -0.15) is 5.10 Å². The third-order valence-electron chi connectivity index (χ3n) is 3.96. The zero-order valence-electron chi connectivity index (χ0n) is 14.8. The average Bonchev–Trinajstić information content (AvgIpc) is 2.70. The lowest BCUT2D eigenvalue weighted by Crippen LogP contribution is -2.36. The molecule has 136 valence electrons. The maximum atomic E-state index is 5.90. The molecule has 0 aliphatic carbocycles. The van der Waals surface area contributed by atoms with Gasteiger partial charge in [-0.25, -0.2) is 0 Å². The Labute approximate surface area is 170 Å². The summed E-state index contributed by atoms with van der Waals surface area (Å²) < 4.78 is 0. The summed E-state index contributed by atoms with van der Waals surface area (Å²) in [7, 11) is 0. The van der Waals surface area contributed by atoms with Crippen molar-refractivity contribution in [2.45, 2.75) is 13.1 Å². The number of halogens is 1. The van der Waals surface area contributed by atoms with Gasteiger partial charge in [-0.15, -0.1) is 0 Å². The molecule has 3 nitrogen and oxygen atoms in total. The quantitative estimate of drug-likeness (QED) is 0.352. The fourth-order valence-corrected chi connectivity index (χ4v) is 2.90. The molecule has 0 radical (unpaired) electrons. The Balaban J connectivity index is 1.68. The minimum absolute atomic E-state index is 0.577. The van der Waals surface area contributed by atoms with Crippen LogP contribution in [0.5, 0.6) is 0 Å². The predicted molar refractivity (Wildman–Crippen MR) is 117 cm³/mol. The van der Waals surface area contributed by atoms with Crippen molar-refractivity contribution in [3.63, 3.8) is 0 Å². The van der Waals surface area contributed by atoms with Gasteiger partial charge in [0.05, 0.1) is 6.21 Å². The van der Waals surface area contributed by atoms with Crippen LogP contribution in [0.2, 0.25) is 5.02 Å². The molecule has 0 spiro atoms. The standard InChI is InChI=1S/C22H20ClN3S/c23-21-13-11-18(12-14-21)15-24-25-22(27)26(16-19-7-3-1-4-8-19)17-20-9-5-2-6-10-20/h1-15H,16-17H2,(H,25,27)/b24-15-. The molecule has 0 aliphatic heterocycles. The Morgan fingerprint density at radius 1 is 0.852 bits per heavy atom. The van der Waals surface area contributed by atoms with Gasteiger partial charge in [-0.1, -0.05) is 84.4 Å². The molecule has 0 bridgehead atoms. The third-order valence-corrected chi connectivity index (χ3v) is 4.57. The average molecular weight is 394 g/mol. The normalized spacial score (nSPS) is 10.7. The summed E-state index contributed by atoms with van der Waals surface area (Å²) in [5.74, 6) is 0. The SMILES string of the molecule is S=C(N/N=C\c1ccc(Cl)cc1)N(Cc1ccccc1)Cc1ccccc1. The maximum absolute atomic E-state index is 5.90. The molecule has 27 heavy (non-hydrogen) atoms. The van der Waals surface area contributed by atoms with Crippen LogP contribution in [0.4, 0.5) is 0 Å². The Kier molecular flexibility index (Phi) is 6.97. The monoisotopic (exact) mass is 393 g/mol. The summed E-state index contributed by atoms with van der Waals surface area (Å²) in [4.78, 5) is 2.10. The number of hydrazone groups is 1. The number of hydrogen-bond acceptors (Lipinski definition) is 2. The summed E-state index contributed by atoms with van der Waals surface area (Å²) in [6, 6.07) is 28.0. The van der Waals surface area contributed by atoms with Crippen LogP contribution in [-0.4, -0.2) is 16.2 Å². The first-order valence-corrected chi connectivity index (χ1v) is 9.41. The topological polar surface area (TPSA) is 27.6 Å². The Morgan fingerprint density at radius 3 is 1.89 bits per heavy atom. The zero-order chi connectivity index (χ0) is 18.9. The number of rotatable bonds is 6. The highest BCUT2D eigenvalue weighted by Gasteiger charge is 2.10. The molecule has 0 aromatic heterocycles. The molecule has 5 heteroatoms. The van der Waals surface area contributed by atoms with Crippen molar-refractivity contribution < 1.29 is 0 Å². The van der Waals surface area contributed by atoms with Crippen molar-refractivity contribution in [3.05, 3.63) is 107 Å². The molecule has 3 aromatic carbocycles. The highest BCUT2D eigenvalue weighted by atomic mass is 35.5. The molecule has 0 amide bonds. The molecule has 3 aromatic rings. The highest BCUT2D eigenvalue weighted by Crippen LogP contribution is 2.11. The van der Waals surface area contributed by atoms with Gasteiger partial charge >= 0.3 is 0 Å². The number of nitrogens with one attached hydrogen (secondary N) is 1. The number of nitrogens with zero attached hydrogens (tertiary/aromatic N) is 2. The van der Waals surface area contributed by atoms with Gasteiger partial charge in [0.2, 0.25) is 0 Å². The summed E-state index contributed by atoms with van der Waals surface area (Å²) in [6.45, 7) is 1.41. The first kappa shape index (κ1) is 19.1. The van der Waals surface area contributed by atoms with Gasteiger partial charge in [-0.05, 0) is 41.0 Å². The van der Waals surface area contributed by atoms with Gasteiger partial charge in [-0.3, -0.25) is 5.43 Å². The Bertz CT molecular complexity index is 839. The van der Waals surface area contributed by atoms with Gasteiger partial charge in [0, 0.05) is 18.1 Å². The lowest BCUT2D eigenvalue weighted by atomic mass is 10.2. The minimum atomic E-state index is 0.577. The van der Waals surface area contributed by atoms with Crippen LogP contribution in [0, 0.1) is 0 Å². The van der Waals surface area contributed by atoms with Crippen molar-refractivity contribution in [1.82, 2.24) is 10.3 Å². The second-order valence-electron chi connectivity index (χ2n) is 6.05. The largest absolute Gasteiger partial charge is 0.339 e. The Hall–Kier alpha value is -2.69. The fourth-order valence-electron chi connectivity index (χ4n) is 2.59. The van der Waals surface area contributed by atoms with E-state index in [2.05, 4.69) is 39.7 Å². The van der Waals surface area contributed by atoms with Crippen LogP contribution in [0.15, 0.2) is 90.0 Å². The van der Waals surface area contributed by atoms with E-state index in [1.54, 1.807) is 6.21 Å². The second kappa shape index (κ2) is 9.86. The van der Waals surface area contributed by atoms with Crippen molar-refractivity contribution >= 4 is 35.1 Å². The van der Waals surface area contributed by atoms with Crippen molar-refractivity contribution in [2.24, 2.45) is 5.10 Å². The molecule has 0 atom stereocenters. The molecule has 0 fully saturated rings. The number of thiocarbonyl (C=S) groups is 1. The van der Waals surface area contributed by atoms with Crippen LogP contribution in [0.3, 0.4) is 0 Å². The molecule has 0 aliphatic rings. The molecule has 0 heterocycles. The molecule has 0 unspecified atom stereocenters. The van der Waals surface area contributed by atoms with E-state index in [0.29, 0.717) is 23.2 Å². The predicted octanol–water partition coefficient (Wildman–Crippen LogP) is 5.25. The molecular weight excluding hydrogens is 374 g/mol. The van der Waals surface area contributed by atoms with E-state index in [1.165, 1.54) is 11.1 Å². The summed E-state index contributed by atoms with van der Waals surface area (Å²) in [5, 5.41) is 5.55.